The van der Waals surface area contributed by atoms with Gasteiger partial charge < -0.3 is 4.90 Å². The summed E-state index contributed by atoms with van der Waals surface area (Å²) in [6.45, 7) is 5.70. The topological polar surface area (TPSA) is 61.4 Å². The van der Waals surface area contributed by atoms with Crippen molar-refractivity contribution in [2.45, 2.75) is 13.0 Å². The maximum atomic E-state index is 12.4. The molecule has 1 atom stereocenters. The fraction of sp³-hybridized carbons (Fsp3) is 0.438. The molecule has 1 amide bonds. The van der Waals surface area contributed by atoms with E-state index in [9.17, 15) is 4.79 Å². The molecule has 6 nitrogen and oxygen atoms in total. The van der Waals surface area contributed by atoms with Gasteiger partial charge in [-0.05, 0) is 26.1 Å². The second-order valence-corrected chi connectivity index (χ2v) is 7.34. The van der Waals surface area contributed by atoms with Crippen molar-refractivity contribution in [3.8, 4) is 10.6 Å². The zero-order valence-corrected chi connectivity index (χ0v) is 15.3. The van der Waals surface area contributed by atoms with Crippen LogP contribution < -0.4 is 5.32 Å². The zero-order valence-electron chi connectivity index (χ0n) is 13.7. The van der Waals surface area contributed by atoms with E-state index in [4.69, 9.17) is 11.6 Å². The van der Waals surface area contributed by atoms with Gasteiger partial charge in [0.15, 0.2) is 0 Å². The number of carbonyl (C=O) groups is 1. The minimum absolute atomic E-state index is 0.0432. The minimum Gasteiger partial charge on any atom is -0.304 e. The van der Waals surface area contributed by atoms with E-state index >= 15 is 0 Å². The molecule has 0 bridgehead atoms. The van der Waals surface area contributed by atoms with Crippen LogP contribution in [-0.4, -0.2) is 65.2 Å². The number of nitrogens with zero attached hydrogens (tertiary/aromatic N) is 4. The molecule has 1 saturated heterocycles. The number of piperazine rings is 1. The van der Waals surface area contributed by atoms with Crippen molar-refractivity contribution in [2.24, 2.45) is 0 Å². The third-order valence-corrected chi connectivity index (χ3v) is 5.35. The number of halogens is 1. The lowest BCUT2D eigenvalue weighted by Gasteiger charge is -2.35. The van der Waals surface area contributed by atoms with Crippen LogP contribution in [0.3, 0.4) is 0 Å². The van der Waals surface area contributed by atoms with Gasteiger partial charge in [-0.2, -0.15) is 0 Å². The molecule has 24 heavy (non-hydrogen) atoms. The van der Waals surface area contributed by atoms with E-state index < -0.39 is 0 Å². The fourth-order valence-corrected chi connectivity index (χ4v) is 3.45. The lowest BCUT2D eigenvalue weighted by molar-refractivity contribution is -0.121. The molecule has 8 heteroatoms. The molecule has 1 aliphatic rings. The summed E-state index contributed by atoms with van der Waals surface area (Å²) in [6, 6.07) is 7.22. The standard InChI is InChI=1S/C16H20ClN5OS/c1-11(22-9-7-21(2)8-10-22)14(23)18-16-20-19-15(24-16)12-3-5-13(17)6-4-12/h3-6,11H,7-10H2,1-2H3,(H,18,20,23). The lowest BCUT2D eigenvalue weighted by Crippen LogP contribution is -2.51. The van der Waals surface area contributed by atoms with E-state index in [1.807, 2.05) is 31.2 Å². The molecule has 2 heterocycles. The van der Waals surface area contributed by atoms with Crippen molar-refractivity contribution in [3.63, 3.8) is 0 Å². The van der Waals surface area contributed by atoms with Gasteiger partial charge in [0, 0.05) is 36.8 Å². The summed E-state index contributed by atoms with van der Waals surface area (Å²) in [6.07, 6.45) is 0. The van der Waals surface area contributed by atoms with Crippen molar-refractivity contribution in [3.05, 3.63) is 29.3 Å². The number of anilines is 1. The van der Waals surface area contributed by atoms with E-state index in [-0.39, 0.29) is 11.9 Å². The number of rotatable bonds is 4. The molecule has 128 valence electrons. The average molecular weight is 366 g/mol. The van der Waals surface area contributed by atoms with Gasteiger partial charge in [-0.3, -0.25) is 15.0 Å². The Morgan fingerprint density at radius 2 is 1.88 bits per heavy atom. The van der Waals surface area contributed by atoms with Crippen molar-refractivity contribution in [1.29, 1.82) is 0 Å². The molecule has 0 radical (unpaired) electrons. The number of nitrogens with one attached hydrogen (secondary N) is 1. The van der Waals surface area contributed by atoms with E-state index in [0.717, 1.165) is 36.8 Å². The number of carbonyl (C=O) groups excluding carboxylic acids is 1. The summed E-state index contributed by atoms with van der Waals surface area (Å²) >= 11 is 7.25. The van der Waals surface area contributed by atoms with Crippen LogP contribution in [0.2, 0.25) is 5.02 Å². The molecule has 0 saturated carbocycles. The van der Waals surface area contributed by atoms with Gasteiger partial charge >= 0.3 is 0 Å². The van der Waals surface area contributed by atoms with Gasteiger partial charge in [0.1, 0.15) is 5.01 Å². The van der Waals surface area contributed by atoms with Crippen LogP contribution in [0.5, 0.6) is 0 Å². The molecular weight excluding hydrogens is 346 g/mol. The Morgan fingerprint density at radius 1 is 1.21 bits per heavy atom. The Balaban J connectivity index is 1.61. The molecule has 1 aromatic carbocycles. The number of benzene rings is 1. The van der Waals surface area contributed by atoms with Gasteiger partial charge in [-0.25, -0.2) is 0 Å². The molecule has 0 aliphatic carbocycles. The molecular formula is C16H20ClN5OS. The Labute approximate surface area is 150 Å². The highest BCUT2D eigenvalue weighted by Crippen LogP contribution is 2.27. The van der Waals surface area contributed by atoms with Crippen molar-refractivity contribution < 1.29 is 4.79 Å². The molecule has 1 aromatic heterocycles. The SMILES string of the molecule is CC(C(=O)Nc1nnc(-c2ccc(Cl)cc2)s1)N1CCN(C)CC1. The van der Waals surface area contributed by atoms with Gasteiger partial charge in [0.25, 0.3) is 0 Å². The van der Waals surface area contributed by atoms with E-state index in [0.29, 0.717) is 10.2 Å². The highest BCUT2D eigenvalue weighted by atomic mass is 35.5. The summed E-state index contributed by atoms with van der Waals surface area (Å²) in [4.78, 5) is 16.9. The van der Waals surface area contributed by atoms with Gasteiger partial charge in [-0.15, -0.1) is 10.2 Å². The average Bonchev–Trinajstić information content (AvgIpc) is 3.04. The molecule has 0 spiro atoms. The first-order valence-electron chi connectivity index (χ1n) is 7.86. The molecule has 1 N–H and O–H groups in total. The monoisotopic (exact) mass is 365 g/mol. The normalized spacial score (nSPS) is 17.6. The van der Waals surface area contributed by atoms with Crippen LogP contribution in [-0.2, 0) is 4.79 Å². The number of amides is 1. The fourth-order valence-electron chi connectivity index (χ4n) is 2.57. The molecule has 1 unspecified atom stereocenters. The maximum absolute atomic E-state index is 12.4. The quantitative estimate of drug-likeness (QED) is 0.901. The largest absolute Gasteiger partial charge is 0.304 e. The van der Waals surface area contributed by atoms with Crippen LogP contribution >= 0.6 is 22.9 Å². The summed E-state index contributed by atoms with van der Waals surface area (Å²) in [7, 11) is 2.10. The number of likely N-dealkylation sites (N-methyl/N-ethyl adjacent to an activating group) is 1. The van der Waals surface area contributed by atoms with Gasteiger partial charge in [-0.1, -0.05) is 35.1 Å². The van der Waals surface area contributed by atoms with Crippen LogP contribution in [0.25, 0.3) is 10.6 Å². The Bertz CT molecular complexity index is 697. The van der Waals surface area contributed by atoms with E-state index in [1.54, 1.807) is 0 Å². The highest BCUT2D eigenvalue weighted by Gasteiger charge is 2.25. The summed E-state index contributed by atoms with van der Waals surface area (Å²) in [5.41, 5.74) is 0.935. The van der Waals surface area contributed by atoms with Crippen LogP contribution in [0.15, 0.2) is 24.3 Å². The number of hydrogen-bond donors (Lipinski definition) is 1. The molecule has 1 fully saturated rings. The minimum atomic E-state index is -0.179. The zero-order chi connectivity index (χ0) is 17.1. The van der Waals surface area contributed by atoms with Gasteiger partial charge in [0.05, 0.1) is 6.04 Å². The lowest BCUT2D eigenvalue weighted by atomic mass is 10.2. The number of hydrogen-bond acceptors (Lipinski definition) is 6. The van der Waals surface area contributed by atoms with Crippen LogP contribution in [0.4, 0.5) is 5.13 Å². The molecule has 1 aliphatic heterocycles. The van der Waals surface area contributed by atoms with Crippen molar-refractivity contribution >= 4 is 34.0 Å². The second kappa shape index (κ2) is 7.57. The van der Waals surface area contributed by atoms with Crippen molar-refractivity contribution in [1.82, 2.24) is 20.0 Å². The summed E-state index contributed by atoms with van der Waals surface area (Å²) in [5, 5.41) is 13.0. The third-order valence-electron chi connectivity index (χ3n) is 4.21. The Morgan fingerprint density at radius 3 is 2.54 bits per heavy atom. The molecule has 3 rings (SSSR count). The summed E-state index contributed by atoms with van der Waals surface area (Å²) in [5.74, 6) is -0.0432. The Hall–Kier alpha value is -1.54. The second-order valence-electron chi connectivity index (χ2n) is 5.92. The highest BCUT2D eigenvalue weighted by molar-refractivity contribution is 7.18. The summed E-state index contributed by atoms with van der Waals surface area (Å²) < 4.78 is 0. The number of aromatic nitrogens is 2. The van der Waals surface area contributed by atoms with E-state index in [1.165, 1.54) is 11.3 Å². The van der Waals surface area contributed by atoms with Crippen LogP contribution in [0.1, 0.15) is 6.92 Å². The maximum Gasteiger partial charge on any atom is 0.243 e. The van der Waals surface area contributed by atoms with Crippen molar-refractivity contribution in [2.75, 3.05) is 38.5 Å². The first kappa shape index (κ1) is 17.3. The first-order valence-corrected chi connectivity index (χ1v) is 9.05. The third kappa shape index (κ3) is 4.10. The predicted molar refractivity (Wildman–Crippen MR) is 97.5 cm³/mol. The molecule has 2 aromatic rings. The van der Waals surface area contributed by atoms with Gasteiger partial charge in [0.2, 0.25) is 11.0 Å². The smallest absolute Gasteiger partial charge is 0.243 e. The Kier molecular flexibility index (Phi) is 5.45. The first-order chi connectivity index (χ1) is 11.5. The van der Waals surface area contributed by atoms with E-state index in [2.05, 4.69) is 32.4 Å². The predicted octanol–water partition coefficient (Wildman–Crippen LogP) is 2.43. The van der Waals surface area contributed by atoms with Crippen LogP contribution in [0, 0.1) is 0 Å².